The number of aryl methyl sites for hydroxylation is 2. The molecule has 0 fully saturated rings. The highest BCUT2D eigenvalue weighted by molar-refractivity contribution is 5.96. The first kappa shape index (κ1) is 15.1. The molecule has 1 aromatic rings. The first-order chi connectivity index (χ1) is 8.91. The van der Waals surface area contributed by atoms with Gasteiger partial charge in [0.15, 0.2) is 0 Å². The lowest BCUT2D eigenvalue weighted by Crippen LogP contribution is -2.35. The summed E-state index contributed by atoms with van der Waals surface area (Å²) in [6.07, 6.45) is 5.61. The quantitative estimate of drug-likeness (QED) is 0.556. The molecule has 0 unspecified atom stereocenters. The van der Waals surface area contributed by atoms with Gasteiger partial charge in [-0.15, -0.1) is 0 Å². The largest absolute Gasteiger partial charge is 0.481 e. The van der Waals surface area contributed by atoms with Gasteiger partial charge in [-0.1, -0.05) is 6.58 Å². The van der Waals surface area contributed by atoms with Gasteiger partial charge in [-0.3, -0.25) is 4.79 Å². The van der Waals surface area contributed by atoms with Gasteiger partial charge in [0.05, 0.1) is 13.0 Å². The van der Waals surface area contributed by atoms with Crippen molar-refractivity contribution in [3.63, 3.8) is 0 Å². The lowest BCUT2D eigenvalue weighted by molar-refractivity contribution is -0.702. The van der Waals surface area contributed by atoms with Crippen molar-refractivity contribution in [1.29, 1.82) is 5.41 Å². The molecule has 0 amide bonds. The van der Waals surface area contributed by atoms with Crippen LogP contribution in [0.3, 0.4) is 0 Å². The summed E-state index contributed by atoms with van der Waals surface area (Å²) in [5.74, 6) is 0.262. The van der Waals surface area contributed by atoms with E-state index in [0.29, 0.717) is 12.3 Å². The van der Waals surface area contributed by atoms with Crippen molar-refractivity contribution in [2.45, 2.75) is 46.2 Å². The molecule has 0 aliphatic heterocycles. The summed E-state index contributed by atoms with van der Waals surface area (Å²) in [6, 6.07) is 0. The van der Waals surface area contributed by atoms with Gasteiger partial charge in [-0.05, 0) is 25.3 Å². The van der Waals surface area contributed by atoms with Crippen molar-refractivity contribution in [2.24, 2.45) is 0 Å². The minimum atomic E-state index is -0.783. The van der Waals surface area contributed by atoms with E-state index < -0.39 is 5.97 Å². The third kappa shape index (κ3) is 4.69. The molecule has 5 heteroatoms. The monoisotopic (exact) mass is 264 g/mol. The number of hydrogen-bond donors (Lipinski definition) is 2. The molecule has 0 saturated heterocycles. The van der Waals surface area contributed by atoms with Gasteiger partial charge in [0.1, 0.15) is 18.9 Å². The first-order valence-corrected chi connectivity index (χ1v) is 6.42. The Kier molecular flexibility index (Phi) is 5.48. The molecule has 0 saturated carbocycles. The Labute approximate surface area is 113 Å². The summed E-state index contributed by atoms with van der Waals surface area (Å²) >= 11 is 0. The maximum Gasteiger partial charge on any atom is 0.307 e. The number of carbonyl (C=O) groups is 1. The number of nitrogens with zero attached hydrogens (tertiary/aromatic N) is 2. The van der Waals surface area contributed by atoms with Crippen molar-refractivity contribution < 1.29 is 14.5 Å². The first-order valence-electron chi connectivity index (χ1n) is 6.42. The fraction of sp³-hybridized carbons (Fsp3) is 0.500. The molecule has 19 heavy (non-hydrogen) atoms. The summed E-state index contributed by atoms with van der Waals surface area (Å²) in [7, 11) is 0. The minimum Gasteiger partial charge on any atom is -0.481 e. The van der Waals surface area contributed by atoms with Crippen LogP contribution in [0.1, 0.15) is 32.0 Å². The van der Waals surface area contributed by atoms with Gasteiger partial charge in [-0.2, -0.15) is 0 Å². The number of imidazole rings is 1. The fourth-order valence-corrected chi connectivity index (χ4v) is 1.87. The Morgan fingerprint density at radius 1 is 1.53 bits per heavy atom. The Hall–Kier alpha value is -1.91. The van der Waals surface area contributed by atoms with Gasteiger partial charge >= 0.3 is 5.97 Å². The average molecular weight is 264 g/mol. The number of carboxylic acid groups (broad SMARTS) is 1. The SMILES string of the molecule is C=C(C)C(=N)CCC[n+]1ccn(CCC(=O)O)c1C. The summed E-state index contributed by atoms with van der Waals surface area (Å²) < 4.78 is 4.03. The van der Waals surface area contributed by atoms with E-state index in [1.165, 1.54) is 0 Å². The van der Waals surface area contributed by atoms with Crippen molar-refractivity contribution in [1.82, 2.24) is 4.57 Å². The molecule has 0 spiro atoms. The number of nitrogens with one attached hydrogen (secondary N) is 1. The van der Waals surface area contributed by atoms with E-state index in [0.717, 1.165) is 30.8 Å². The highest BCUT2D eigenvalue weighted by atomic mass is 16.4. The predicted octanol–water partition coefficient (Wildman–Crippen LogP) is 1.93. The average Bonchev–Trinajstić information content (AvgIpc) is 2.68. The Morgan fingerprint density at radius 3 is 2.79 bits per heavy atom. The Balaban J connectivity index is 2.49. The standard InChI is InChI=1S/C14H21N3O2/c1-11(2)13(15)5-4-7-16-9-10-17(12(16)3)8-6-14(18)19/h9-10,15H,1,4-8H2,2-3H3/p+1. The van der Waals surface area contributed by atoms with Gasteiger partial charge in [0, 0.05) is 12.6 Å². The van der Waals surface area contributed by atoms with Crippen molar-refractivity contribution in [3.05, 3.63) is 30.4 Å². The van der Waals surface area contributed by atoms with Crippen LogP contribution in [0, 0.1) is 12.3 Å². The lowest BCUT2D eigenvalue weighted by atomic mass is 10.1. The van der Waals surface area contributed by atoms with Crippen LogP contribution in [0.25, 0.3) is 0 Å². The van der Waals surface area contributed by atoms with Crippen LogP contribution in [0.2, 0.25) is 0 Å². The summed E-state index contributed by atoms with van der Waals surface area (Å²) in [5.41, 5.74) is 1.42. The van der Waals surface area contributed by atoms with E-state index in [1.54, 1.807) is 0 Å². The second-order valence-corrected chi connectivity index (χ2v) is 4.74. The molecule has 2 N–H and O–H groups in total. The highest BCUT2D eigenvalue weighted by Crippen LogP contribution is 2.01. The maximum absolute atomic E-state index is 10.5. The second kappa shape index (κ2) is 6.87. The van der Waals surface area contributed by atoms with Crippen LogP contribution >= 0.6 is 0 Å². The Morgan fingerprint density at radius 2 is 2.21 bits per heavy atom. The molecular weight excluding hydrogens is 242 g/mol. The van der Waals surface area contributed by atoms with E-state index in [1.807, 2.05) is 30.8 Å². The zero-order valence-corrected chi connectivity index (χ0v) is 11.6. The Bertz CT molecular complexity index is 489. The number of allylic oxidation sites excluding steroid dienone is 1. The lowest BCUT2D eigenvalue weighted by Gasteiger charge is -2.03. The summed E-state index contributed by atoms with van der Waals surface area (Å²) in [6.45, 7) is 8.91. The van der Waals surface area contributed by atoms with Crippen LogP contribution in [0.15, 0.2) is 24.5 Å². The van der Waals surface area contributed by atoms with Gasteiger partial charge in [-0.25, -0.2) is 9.13 Å². The number of hydrogen-bond acceptors (Lipinski definition) is 2. The normalized spacial score (nSPS) is 10.4. The number of aliphatic carboxylic acids is 1. The van der Waals surface area contributed by atoms with Crippen LogP contribution < -0.4 is 4.57 Å². The molecule has 0 radical (unpaired) electrons. The number of aromatic nitrogens is 2. The molecule has 5 nitrogen and oxygen atoms in total. The molecular formula is C14H22N3O2+. The van der Waals surface area contributed by atoms with Crippen LogP contribution in [-0.4, -0.2) is 21.4 Å². The third-order valence-electron chi connectivity index (χ3n) is 3.17. The van der Waals surface area contributed by atoms with Gasteiger partial charge in [0.2, 0.25) is 0 Å². The molecule has 0 aromatic carbocycles. The van der Waals surface area contributed by atoms with Crippen LogP contribution in [-0.2, 0) is 17.9 Å². The molecule has 1 rings (SSSR count). The van der Waals surface area contributed by atoms with E-state index in [-0.39, 0.29) is 6.42 Å². The van der Waals surface area contributed by atoms with Crippen molar-refractivity contribution >= 4 is 11.7 Å². The summed E-state index contributed by atoms with van der Waals surface area (Å²) in [4.78, 5) is 10.5. The summed E-state index contributed by atoms with van der Waals surface area (Å²) in [5, 5.41) is 16.4. The van der Waals surface area contributed by atoms with Crippen molar-refractivity contribution in [2.75, 3.05) is 0 Å². The maximum atomic E-state index is 10.5. The van der Waals surface area contributed by atoms with E-state index in [9.17, 15) is 4.79 Å². The molecule has 0 aliphatic rings. The molecule has 0 atom stereocenters. The predicted molar refractivity (Wildman–Crippen MR) is 73.4 cm³/mol. The molecule has 0 aliphatic carbocycles. The smallest absolute Gasteiger partial charge is 0.307 e. The van der Waals surface area contributed by atoms with Gasteiger partial charge in [0.25, 0.3) is 5.82 Å². The third-order valence-corrected chi connectivity index (χ3v) is 3.17. The number of rotatable bonds is 8. The molecule has 104 valence electrons. The second-order valence-electron chi connectivity index (χ2n) is 4.74. The minimum absolute atomic E-state index is 0.135. The zero-order chi connectivity index (χ0) is 14.4. The molecule has 0 bridgehead atoms. The fourth-order valence-electron chi connectivity index (χ4n) is 1.87. The van der Waals surface area contributed by atoms with Gasteiger partial charge < -0.3 is 10.5 Å². The number of carboxylic acids is 1. The van der Waals surface area contributed by atoms with E-state index >= 15 is 0 Å². The van der Waals surface area contributed by atoms with E-state index in [4.69, 9.17) is 10.5 Å². The molecule has 1 heterocycles. The highest BCUT2D eigenvalue weighted by Gasteiger charge is 2.13. The van der Waals surface area contributed by atoms with E-state index in [2.05, 4.69) is 11.1 Å². The molecule has 1 aromatic heterocycles. The zero-order valence-electron chi connectivity index (χ0n) is 11.6. The van der Waals surface area contributed by atoms with Crippen molar-refractivity contribution in [3.8, 4) is 0 Å². The topological polar surface area (TPSA) is 70.0 Å². The van der Waals surface area contributed by atoms with Crippen LogP contribution in [0.4, 0.5) is 0 Å². The van der Waals surface area contributed by atoms with Crippen LogP contribution in [0.5, 0.6) is 0 Å².